The maximum Gasteiger partial charge on any atom is 0.218 e. The lowest BCUT2D eigenvalue weighted by molar-refractivity contribution is 0.391. The van der Waals surface area contributed by atoms with Gasteiger partial charge < -0.3 is 0 Å². The molecular weight excluding hydrogens is 301 g/mol. The van der Waals surface area contributed by atoms with E-state index in [1.807, 2.05) is 18.2 Å². The highest BCUT2D eigenvalue weighted by molar-refractivity contribution is 7.88. The van der Waals surface area contributed by atoms with Gasteiger partial charge in [0.15, 0.2) is 0 Å². The van der Waals surface area contributed by atoms with Crippen LogP contribution in [-0.2, 0) is 22.3 Å². The molecule has 0 bridgehead atoms. The summed E-state index contributed by atoms with van der Waals surface area (Å²) in [6.45, 7) is 0.104. The Bertz CT molecular complexity index is 742. The first-order valence-corrected chi connectivity index (χ1v) is 8.94. The van der Waals surface area contributed by atoms with Gasteiger partial charge in [0, 0.05) is 18.2 Å². The Morgan fingerprint density at radius 2 is 1.64 bits per heavy atom. The van der Waals surface area contributed by atoms with Crippen molar-refractivity contribution >= 4 is 10.0 Å². The molecule has 1 aliphatic rings. The zero-order valence-corrected chi connectivity index (χ0v) is 13.0. The van der Waals surface area contributed by atoms with Gasteiger partial charge in [-0.15, -0.1) is 0 Å². The molecule has 0 aliphatic heterocycles. The molecule has 0 N–H and O–H groups in total. The first-order chi connectivity index (χ1) is 10.6. The number of benzene rings is 2. The van der Waals surface area contributed by atoms with Crippen molar-refractivity contribution in [3.05, 3.63) is 71.5 Å². The highest BCUT2D eigenvalue weighted by Gasteiger charge is 2.37. The lowest BCUT2D eigenvalue weighted by Gasteiger charge is -2.22. The van der Waals surface area contributed by atoms with E-state index in [1.165, 1.54) is 10.4 Å². The summed E-state index contributed by atoms with van der Waals surface area (Å²) in [6, 6.07) is 15.4. The zero-order chi connectivity index (χ0) is 15.6. The Balaban J connectivity index is 1.83. The third kappa shape index (κ3) is 3.54. The average Bonchev–Trinajstić information content (AvgIpc) is 3.31. The van der Waals surface area contributed by atoms with Crippen LogP contribution in [0.15, 0.2) is 54.6 Å². The van der Waals surface area contributed by atoms with Gasteiger partial charge in [0.05, 0.1) is 5.75 Å². The van der Waals surface area contributed by atoms with Crippen LogP contribution in [-0.4, -0.2) is 18.8 Å². The van der Waals surface area contributed by atoms with Crippen LogP contribution in [0.4, 0.5) is 4.39 Å². The van der Waals surface area contributed by atoms with E-state index in [-0.39, 0.29) is 24.2 Å². The second kappa shape index (κ2) is 6.18. The maximum atomic E-state index is 13.8. The molecule has 0 atom stereocenters. The van der Waals surface area contributed by atoms with Crippen LogP contribution in [0, 0.1) is 5.82 Å². The van der Waals surface area contributed by atoms with Crippen molar-refractivity contribution in [3.63, 3.8) is 0 Å². The lowest BCUT2D eigenvalue weighted by atomic mass is 10.2. The van der Waals surface area contributed by atoms with Crippen LogP contribution in [0.3, 0.4) is 0 Å². The Kier molecular flexibility index (Phi) is 4.27. The molecule has 22 heavy (non-hydrogen) atoms. The predicted molar refractivity (Wildman–Crippen MR) is 84.0 cm³/mol. The molecule has 1 fully saturated rings. The Morgan fingerprint density at radius 1 is 1.00 bits per heavy atom. The van der Waals surface area contributed by atoms with Crippen molar-refractivity contribution in [1.82, 2.24) is 4.31 Å². The molecule has 3 nitrogen and oxygen atoms in total. The van der Waals surface area contributed by atoms with E-state index >= 15 is 0 Å². The number of rotatable bonds is 6. The van der Waals surface area contributed by atoms with Crippen LogP contribution < -0.4 is 0 Å². The average molecular weight is 319 g/mol. The fourth-order valence-corrected chi connectivity index (χ4v) is 4.26. The van der Waals surface area contributed by atoms with Gasteiger partial charge in [0.1, 0.15) is 5.82 Å². The van der Waals surface area contributed by atoms with Gasteiger partial charge in [-0.05, 0) is 24.5 Å². The van der Waals surface area contributed by atoms with Crippen LogP contribution in [0.1, 0.15) is 24.0 Å². The van der Waals surface area contributed by atoms with E-state index in [0.717, 1.165) is 18.4 Å². The normalized spacial score (nSPS) is 15.2. The third-order valence-electron chi connectivity index (χ3n) is 3.79. The second-order valence-electron chi connectivity index (χ2n) is 5.61. The molecular formula is C17H18FNO2S. The highest BCUT2D eigenvalue weighted by atomic mass is 32.2. The summed E-state index contributed by atoms with van der Waals surface area (Å²) in [5.74, 6) is -0.401. The standard InChI is InChI=1S/C17H18FNO2S/c18-17-9-5-4-8-15(17)12-19(16-10-11-16)22(20,21)13-14-6-2-1-3-7-14/h1-9,16H,10-13H2. The first kappa shape index (κ1) is 15.2. The third-order valence-corrected chi connectivity index (χ3v) is 5.63. The fourth-order valence-electron chi connectivity index (χ4n) is 2.48. The number of hydrogen-bond donors (Lipinski definition) is 0. The number of sulfonamides is 1. The van der Waals surface area contributed by atoms with E-state index in [9.17, 15) is 12.8 Å². The Hall–Kier alpha value is -1.72. The Morgan fingerprint density at radius 3 is 2.27 bits per heavy atom. The second-order valence-corrected chi connectivity index (χ2v) is 7.53. The lowest BCUT2D eigenvalue weighted by Crippen LogP contribution is -2.34. The summed E-state index contributed by atoms with van der Waals surface area (Å²) in [7, 11) is -3.46. The van der Waals surface area contributed by atoms with Gasteiger partial charge >= 0.3 is 0 Å². The van der Waals surface area contributed by atoms with Gasteiger partial charge in [-0.25, -0.2) is 12.8 Å². The van der Waals surface area contributed by atoms with Gasteiger partial charge in [-0.1, -0.05) is 48.5 Å². The topological polar surface area (TPSA) is 37.4 Å². The summed E-state index contributed by atoms with van der Waals surface area (Å²) in [6.07, 6.45) is 1.70. The van der Waals surface area contributed by atoms with Crippen molar-refractivity contribution in [3.8, 4) is 0 Å². The van der Waals surface area contributed by atoms with E-state index in [0.29, 0.717) is 5.56 Å². The largest absolute Gasteiger partial charge is 0.218 e. The van der Waals surface area contributed by atoms with E-state index in [2.05, 4.69) is 0 Å². The van der Waals surface area contributed by atoms with Crippen molar-refractivity contribution in [1.29, 1.82) is 0 Å². The van der Waals surface area contributed by atoms with Gasteiger partial charge in [-0.2, -0.15) is 4.31 Å². The summed E-state index contributed by atoms with van der Waals surface area (Å²) < 4.78 is 40.7. The summed E-state index contributed by atoms with van der Waals surface area (Å²) in [5.41, 5.74) is 1.17. The number of nitrogens with zero attached hydrogens (tertiary/aromatic N) is 1. The molecule has 3 rings (SSSR count). The molecule has 116 valence electrons. The van der Waals surface area contributed by atoms with Crippen molar-refractivity contribution in [2.75, 3.05) is 0 Å². The molecule has 1 saturated carbocycles. The summed E-state index contributed by atoms with van der Waals surface area (Å²) >= 11 is 0. The smallest absolute Gasteiger partial charge is 0.212 e. The molecule has 0 spiro atoms. The van der Waals surface area contributed by atoms with E-state index < -0.39 is 10.0 Å². The molecule has 0 amide bonds. The van der Waals surface area contributed by atoms with Gasteiger partial charge in [-0.3, -0.25) is 0 Å². The molecule has 0 heterocycles. The number of hydrogen-bond acceptors (Lipinski definition) is 2. The molecule has 5 heteroatoms. The van der Waals surface area contributed by atoms with Gasteiger partial charge in [0.25, 0.3) is 0 Å². The minimum Gasteiger partial charge on any atom is -0.212 e. The molecule has 2 aromatic rings. The van der Waals surface area contributed by atoms with Crippen molar-refractivity contribution in [2.24, 2.45) is 0 Å². The fraction of sp³-hybridized carbons (Fsp3) is 0.294. The van der Waals surface area contributed by atoms with Crippen molar-refractivity contribution in [2.45, 2.75) is 31.2 Å². The zero-order valence-electron chi connectivity index (χ0n) is 12.2. The van der Waals surface area contributed by atoms with Crippen LogP contribution in [0.25, 0.3) is 0 Å². The molecule has 2 aromatic carbocycles. The van der Waals surface area contributed by atoms with Crippen LogP contribution >= 0.6 is 0 Å². The van der Waals surface area contributed by atoms with E-state index in [4.69, 9.17) is 0 Å². The minimum atomic E-state index is -3.46. The first-order valence-electron chi connectivity index (χ1n) is 7.33. The minimum absolute atomic E-state index is 0.00770. The Labute approximate surface area is 130 Å². The maximum absolute atomic E-state index is 13.8. The molecule has 0 saturated heterocycles. The molecule has 0 unspecified atom stereocenters. The highest BCUT2D eigenvalue weighted by Crippen LogP contribution is 2.32. The van der Waals surface area contributed by atoms with Crippen molar-refractivity contribution < 1.29 is 12.8 Å². The molecule has 0 aromatic heterocycles. The summed E-state index contributed by atoms with van der Waals surface area (Å²) in [4.78, 5) is 0. The quantitative estimate of drug-likeness (QED) is 0.819. The molecule has 1 aliphatic carbocycles. The summed E-state index contributed by atoms with van der Waals surface area (Å²) in [5, 5.41) is 0. The van der Waals surface area contributed by atoms with E-state index in [1.54, 1.807) is 30.3 Å². The van der Waals surface area contributed by atoms with Crippen LogP contribution in [0.5, 0.6) is 0 Å². The van der Waals surface area contributed by atoms with Crippen LogP contribution in [0.2, 0.25) is 0 Å². The SMILES string of the molecule is O=S(=O)(Cc1ccccc1)N(Cc1ccccc1F)C1CC1. The monoisotopic (exact) mass is 319 g/mol. The number of halogens is 1. The van der Waals surface area contributed by atoms with Gasteiger partial charge in [0.2, 0.25) is 10.0 Å². The predicted octanol–water partition coefficient (Wildman–Crippen LogP) is 3.32. The molecule has 0 radical (unpaired) electrons.